The third kappa shape index (κ3) is 3.60. The maximum atomic E-state index is 4.65. The molecule has 0 aliphatic carbocycles. The van der Waals surface area contributed by atoms with Crippen LogP contribution < -0.4 is 0 Å². The van der Waals surface area contributed by atoms with Crippen molar-refractivity contribution in [3.8, 4) is 34.0 Å². The highest BCUT2D eigenvalue weighted by atomic mass is 15.1. The SMILES string of the molecule is CN(C)Cc1cncc(-c2cc3c(-c4cc5c(-c6ccccn6)nccc5[nH]4)n[nH]c3cn2)c1. The molecule has 0 bridgehead atoms. The molecule has 0 fully saturated rings. The van der Waals surface area contributed by atoms with Gasteiger partial charge in [0.2, 0.25) is 0 Å². The highest BCUT2D eigenvalue weighted by Gasteiger charge is 2.16. The lowest BCUT2D eigenvalue weighted by Crippen LogP contribution is -2.10. The fraction of sp³-hybridized carbons (Fsp3) is 0.115. The Hall–Kier alpha value is -4.43. The maximum absolute atomic E-state index is 4.65. The Labute approximate surface area is 195 Å². The van der Waals surface area contributed by atoms with Crippen LogP contribution in [0.15, 0.2) is 73.4 Å². The number of aromatic nitrogens is 7. The van der Waals surface area contributed by atoms with Crippen LogP contribution >= 0.6 is 0 Å². The van der Waals surface area contributed by atoms with Gasteiger partial charge in [-0.15, -0.1) is 0 Å². The van der Waals surface area contributed by atoms with Crippen molar-refractivity contribution in [2.24, 2.45) is 0 Å². The Bertz CT molecular complexity index is 1610. The first-order chi connectivity index (χ1) is 16.7. The molecule has 34 heavy (non-hydrogen) atoms. The molecule has 8 nitrogen and oxygen atoms in total. The fourth-order valence-electron chi connectivity index (χ4n) is 4.25. The monoisotopic (exact) mass is 446 g/mol. The predicted octanol–water partition coefficient (Wildman–Crippen LogP) is 4.69. The molecule has 0 aliphatic rings. The molecular formula is C26H22N8. The van der Waals surface area contributed by atoms with Crippen molar-refractivity contribution < 1.29 is 0 Å². The first-order valence-corrected chi connectivity index (χ1v) is 11.0. The summed E-state index contributed by atoms with van der Waals surface area (Å²) in [6.45, 7) is 0.821. The second kappa shape index (κ2) is 8.17. The Morgan fingerprint density at radius 2 is 1.71 bits per heavy atom. The highest BCUT2D eigenvalue weighted by Crippen LogP contribution is 2.33. The maximum Gasteiger partial charge on any atom is 0.116 e. The van der Waals surface area contributed by atoms with Crippen molar-refractivity contribution in [3.63, 3.8) is 0 Å². The Kier molecular flexibility index (Phi) is 4.85. The number of fused-ring (bicyclic) bond motifs is 2. The van der Waals surface area contributed by atoms with Crippen molar-refractivity contribution in [3.05, 3.63) is 79.0 Å². The molecule has 6 rings (SSSR count). The Morgan fingerprint density at radius 1 is 0.794 bits per heavy atom. The van der Waals surface area contributed by atoms with Crippen molar-refractivity contribution in [2.75, 3.05) is 14.1 Å². The van der Waals surface area contributed by atoms with E-state index in [2.05, 4.69) is 58.2 Å². The molecule has 166 valence electrons. The molecule has 0 amide bonds. The van der Waals surface area contributed by atoms with Gasteiger partial charge in [0.05, 0.1) is 34.5 Å². The van der Waals surface area contributed by atoms with Crippen LogP contribution in [-0.2, 0) is 6.54 Å². The normalized spacial score (nSPS) is 11.6. The topological polar surface area (TPSA) is 99.3 Å². The number of nitrogens with one attached hydrogen (secondary N) is 2. The lowest BCUT2D eigenvalue weighted by Gasteiger charge is -2.10. The van der Waals surface area contributed by atoms with Crippen LogP contribution in [0.2, 0.25) is 0 Å². The summed E-state index contributed by atoms with van der Waals surface area (Å²) in [6.07, 6.45) is 9.14. The van der Waals surface area contributed by atoms with Gasteiger partial charge < -0.3 is 9.88 Å². The van der Waals surface area contributed by atoms with E-state index in [9.17, 15) is 0 Å². The summed E-state index contributed by atoms with van der Waals surface area (Å²) >= 11 is 0. The fourth-order valence-corrected chi connectivity index (χ4v) is 4.25. The van der Waals surface area contributed by atoms with Gasteiger partial charge >= 0.3 is 0 Å². The van der Waals surface area contributed by atoms with Gasteiger partial charge in [-0.2, -0.15) is 5.10 Å². The number of rotatable bonds is 5. The zero-order valence-corrected chi connectivity index (χ0v) is 18.8. The number of aromatic amines is 2. The van der Waals surface area contributed by atoms with E-state index < -0.39 is 0 Å². The van der Waals surface area contributed by atoms with E-state index in [1.54, 1.807) is 12.4 Å². The highest BCUT2D eigenvalue weighted by molar-refractivity contribution is 6.00. The van der Waals surface area contributed by atoms with Gasteiger partial charge in [0.15, 0.2) is 0 Å². The van der Waals surface area contributed by atoms with E-state index >= 15 is 0 Å². The summed E-state index contributed by atoms with van der Waals surface area (Å²) in [6, 6.07) is 14.1. The lowest BCUT2D eigenvalue weighted by atomic mass is 10.1. The average Bonchev–Trinajstić information content (AvgIpc) is 3.48. The molecule has 0 aliphatic heterocycles. The van der Waals surface area contributed by atoms with Crippen LogP contribution in [-0.4, -0.2) is 54.1 Å². The molecule has 0 saturated heterocycles. The quantitative estimate of drug-likeness (QED) is 0.399. The molecular weight excluding hydrogens is 424 g/mol. The predicted molar refractivity (Wildman–Crippen MR) is 133 cm³/mol. The summed E-state index contributed by atoms with van der Waals surface area (Å²) in [5.74, 6) is 0. The summed E-state index contributed by atoms with van der Waals surface area (Å²) in [7, 11) is 4.09. The number of pyridine rings is 4. The van der Waals surface area contributed by atoms with Gasteiger partial charge in [0.1, 0.15) is 5.69 Å². The molecule has 8 heteroatoms. The number of H-pyrrole nitrogens is 2. The van der Waals surface area contributed by atoms with E-state index in [4.69, 9.17) is 0 Å². The molecule has 6 heterocycles. The number of hydrogen-bond donors (Lipinski definition) is 2. The van der Waals surface area contributed by atoms with Crippen molar-refractivity contribution in [1.82, 2.24) is 40.0 Å². The smallest absolute Gasteiger partial charge is 0.116 e. The molecule has 6 aromatic heterocycles. The number of nitrogens with zero attached hydrogens (tertiary/aromatic N) is 6. The van der Waals surface area contributed by atoms with Crippen LogP contribution in [0.1, 0.15) is 5.56 Å². The third-order valence-corrected chi connectivity index (χ3v) is 5.75. The summed E-state index contributed by atoms with van der Waals surface area (Å²) in [4.78, 5) is 23.8. The second-order valence-electron chi connectivity index (χ2n) is 8.53. The molecule has 0 saturated carbocycles. The van der Waals surface area contributed by atoms with Gasteiger partial charge in [-0.25, -0.2) is 0 Å². The standard InChI is InChI=1S/C26H22N8/c1-34(2)15-16-9-17(13-27-12-16)22-10-19-24(14-30-22)32-33-26(19)23-11-18-20(31-23)6-8-29-25(18)21-5-3-4-7-28-21/h3-14,31H,15H2,1-2H3,(H,32,33). The molecule has 0 unspecified atom stereocenters. The van der Waals surface area contributed by atoms with Crippen LogP contribution in [0.3, 0.4) is 0 Å². The minimum absolute atomic E-state index is 0.821. The summed E-state index contributed by atoms with van der Waals surface area (Å²) < 4.78 is 0. The van der Waals surface area contributed by atoms with Crippen LogP contribution in [0.25, 0.3) is 55.8 Å². The molecule has 0 aromatic carbocycles. The van der Waals surface area contributed by atoms with Gasteiger partial charge in [-0.3, -0.25) is 25.0 Å². The second-order valence-corrected chi connectivity index (χ2v) is 8.53. The van der Waals surface area contributed by atoms with E-state index in [0.717, 1.165) is 67.9 Å². The van der Waals surface area contributed by atoms with Gasteiger partial charge in [-0.1, -0.05) is 6.07 Å². The first kappa shape index (κ1) is 20.2. The Balaban J connectivity index is 1.45. The molecule has 0 spiro atoms. The molecule has 2 N–H and O–H groups in total. The summed E-state index contributed by atoms with van der Waals surface area (Å²) in [5, 5.41) is 9.70. The van der Waals surface area contributed by atoms with Crippen molar-refractivity contribution in [2.45, 2.75) is 6.54 Å². The van der Waals surface area contributed by atoms with Gasteiger partial charge in [0.25, 0.3) is 0 Å². The molecule has 6 aromatic rings. The lowest BCUT2D eigenvalue weighted by molar-refractivity contribution is 0.402. The molecule has 0 radical (unpaired) electrons. The number of hydrogen-bond acceptors (Lipinski definition) is 6. The van der Waals surface area contributed by atoms with Crippen molar-refractivity contribution >= 4 is 21.8 Å². The average molecular weight is 447 g/mol. The van der Waals surface area contributed by atoms with E-state index in [-0.39, 0.29) is 0 Å². The first-order valence-electron chi connectivity index (χ1n) is 11.0. The van der Waals surface area contributed by atoms with E-state index in [1.165, 1.54) is 0 Å². The van der Waals surface area contributed by atoms with Crippen LogP contribution in [0.4, 0.5) is 0 Å². The van der Waals surface area contributed by atoms with Crippen molar-refractivity contribution in [1.29, 1.82) is 0 Å². The largest absolute Gasteiger partial charge is 0.353 e. The minimum Gasteiger partial charge on any atom is -0.353 e. The van der Waals surface area contributed by atoms with Crippen LogP contribution in [0.5, 0.6) is 0 Å². The Morgan fingerprint density at radius 3 is 2.56 bits per heavy atom. The van der Waals surface area contributed by atoms with Gasteiger partial charge in [-0.05, 0) is 56.1 Å². The zero-order chi connectivity index (χ0) is 23.1. The zero-order valence-electron chi connectivity index (χ0n) is 18.8. The minimum atomic E-state index is 0.821. The van der Waals surface area contributed by atoms with E-state index in [0.29, 0.717) is 0 Å². The molecule has 0 atom stereocenters. The van der Waals surface area contributed by atoms with Crippen LogP contribution in [0, 0.1) is 0 Å². The van der Waals surface area contributed by atoms with Gasteiger partial charge in [0, 0.05) is 53.2 Å². The third-order valence-electron chi connectivity index (χ3n) is 5.75. The summed E-state index contributed by atoms with van der Waals surface area (Å²) in [5.41, 5.74) is 8.24. The van der Waals surface area contributed by atoms with E-state index in [1.807, 2.05) is 57.0 Å².